The van der Waals surface area contributed by atoms with Crippen molar-refractivity contribution in [2.24, 2.45) is 0 Å². The summed E-state index contributed by atoms with van der Waals surface area (Å²) in [7, 11) is 0. The third kappa shape index (κ3) is 5.16. The van der Waals surface area contributed by atoms with Gasteiger partial charge in [0.15, 0.2) is 0 Å². The summed E-state index contributed by atoms with van der Waals surface area (Å²) in [5.41, 5.74) is 0. The van der Waals surface area contributed by atoms with Crippen LogP contribution in [0.3, 0.4) is 0 Å². The first-order valence-corrected chi connectivity index (χ1v) is 8.16. The fourth-order valence-corrected chi connectivity index (χ4v) is 3.54. The van der Waals surface area contributed by atoms with Gasteiger partial charge in [-0.2, -0.15) is 11.8 Å². The van der Waals surface area contributed by atoms with Crippen LogP contribution in [-0.2, 0) is 0 Å². The lowest BCUT2D eigenvalue weighted by molar-refractivity contribution is 0.114. The fraction of sp³-hybridized carbons (Fsp3) is 1.00. The number of aliphatic hydroxyl groups is 1. The molecule has 0 amide bonds. The molecule has 102 valence electrons. The lowest BCUT2D eigenvalue weighted by atomic mass is 10.2. The smallest absolute Gasteiger partial charge is 0.0791 e. The molecule has 3 unspecified atom stereocenters. The molecule has 0 aliphatic heterocycles. The zero-order valence-electron chi connectivity index (χ0n) is 11.5. The standard InChI is InChI=1S/C13H28N2OS/c1-4-15(5-2)10-11(16)9-14-12-7-6-8-13(12)17-3/h11-14,16H,4-10H2,1-3H3. The molecule has 0 aromatic carbocycles. The molecule has 0 aromatic rings. The maximum atomic E-state index is 9.99. The molecule has 3 atom stereocenters. The minimum Gasteiger partial charge on any atom is -0.390 e. The Hall–Kier alpha value is 0.230. The van der Waals surface area contributed by atoms with Crippen LogP contribution < -0.4 is 5.32 Å². The normalized spacial score (nSPS) is 26.6. The van der Waals surface area contributed by atoms with E-state index in [2.05, 4.69) is 30.3 Å². The summed E-state index contributed by atoms with van der Waals surface area (Å²) in [5.74, 6) is 0. The van der Waals surface area contributed by atoms with Crippen LogP contribution in [-0.4, -0.2) is 59.8 Å². The van der Waals surface area contributed by atoms with Gasteiger partial charge in [-0.1, -0.05) is 20.3 Å². The topological polar surface area (TPSA) is 35.5 Å². The van der Waals surface area contributed by atoms with Crippen molar-refractivity contribution in [1.29, 1.82) is 0 Å². The van der Waals surface area contributed by atoms with Gasteiger partial charge in [-0.3, -0.25) is 0 Å². The summed E-state index contributed by atoms with van der Waals surface area (Å²) >= 11 is 1.96. The Balaban J connectivity index is 2.20. The zero-order valence-corrected chi connectivity index (χ0v) is 12.3. The quantitative estimate of drug-likeness (QED) is 0.694. The van der Waals surface area contributed by atoms with Crippen molar-refractivity contribution in [3.05, 3.63) is 0 Å². The number of rotatable bonds is 8. The van der Waals surface area contributed by atoms with Crippen LogP contribution in [0, 0.1) is 0 Å². The lowest BCUT2D eigenvalue weighted by Gasteiger charge is -2.25. The van der Waals surface area contributed by atoms with Gasteiger partial charge in [0.25, 0.3) is 0 Å². The van der Waals surface area contributed by atoms with Gasteiger partial charge in [0, 0.05) is 24.4 Å². The molecule has 0 radical (unpaired) electrons. The van der Waals surface area contributed by atoms with Crippen molar-refractivity contribution in [2.75, 3.05) is 32.4 Å². The van der Waals surface area contributed by atoms with Crippen molar-refractivity contribution >= 4 is 11.8 Å². The number of hydrogen-bond acceptors (Lipinski definition) is 4. The molecule has 4 heteroatoms. The maximum absolute atomic E-state index is 9.99. The Morgan fingerprint density at radius 2 is 2.06 bits per heavy atom. The predicted molar refractivity (Wildman–Crippen MR) is 76.7 cm³/mol. The van der Waals surface area contributed by atoms with Gasteiger partial charge in [-0.25, -0.2) is 0 Å². The van der Waals surface area contributed by atoms with E-state index in [4.69, 9.17) is 0 Å². The molecule has 0 aromatic heterocycles. The number of aliphatic hydroxyl groups excluding tert-OH is 1. The van der Waals surface area contributed by atoms with E-state index in [0.717, 1.165) is 31.4 Å². The number of nitrogens with zero attached hydrogens (tertiary/aromatic N) is 1. The van der Waals surface area contributed by atoms with Crippen molar-refractivity contribution in [3.63, 3.8) is 0 Å². The van der Waals surface area contributed by atoms with Crippen LogP contribution in [0.5, 0.6) is 0 Å². The summed E-state index contributed by atoms with van der Waals surface area (Å²) in [4.78, 5) is 2.27. The number of thioether (sulfide) groups is 1. The van der Waals surface area contributed by atoms with Crippen LogP contribution >= 0.6 is 11.8 Å². The van der Waals surface area contributed by atoms with Gasteiger partial charge in [0.1, 0.15) is 0 Å². The van der Waals surface area contributed by atoms with Gasteiger partial charge in [-0.05, 0) is 32.2 Å². The average Bonchev–Trinajstić information content (AvgIpc) is 2.80. The van der Waals surface area contributed by atoms with E-state index in [0.29, 0.717) is 6.04 Å². The fourth-order valence-electron chi connectivity index (χ4n) is 2.57. The number of hydrogen-bond donors (Lipinski definition) is 2. The van der Waals surface area contributed by atoms with Crippen LogP contribution in [0.15, 0.2) is 0 Å². The Morgan fingerprint density at radius 1 is 1.35 bits per heavy atom. The first-order chi connectivity index (χ1) is 8.21. The van der Waals surface area contributed by atoms with Crippen molar-refractivity contribution in [2.45, 2.75) is 50.5 Å². The predicted octanol–water partition coefficient (Wildman–Crippen LogP) is 1.56. The molecule has 3 nitrogen and oxygen atoms in total. The summed E-state index contributed by atoms with van der Waals surface area (Å²) in [5, 5.41) is 14.3. The maximum Gasteiger partial charge on any atom is 0.0791 e. The van der Waals surface area contributed by atoms with Gasteiger partial charge < -0.3 is 15.3 Å². The van der Waals surface area contributed by atoms with Gasteiger partial charge >= 0.3 is 0 Å². The summed E-state index contributed by atoms with van der Waals surface area (Å²) in [6.45, 7) is 7.85. The van der Waals surface area contributed by atoms with E-state index >= 15 is 0 Å². The first kappa shape index (κ1) is 15.3. The lowest BCUT2D eigenvalue weighted by Crippen LogP contribution is -2.43. The van der Waals surface area contributed by atoms with Crippen molar-refractivity contribution in [1.82, 2.24) is 10.2 Å². The van der Waals surface area contributed by atoms with Crippen molar-refractivity contribution in [3.8, 4) is 0 Å². The van der Waals surface area contributed by atoms with Gasteiger partial charge in [0.05, 0.1) is 6.10 Å². The second-order valence-electron chi connectivity index (χ2n) is 4.86. The highest BCUT2D eigenvalue weighted by Crippen LogP contribution is 2.28. The zero-order chi connectivity index (χ0) is 12.7. The van der Waals surface area contributed by atoms with E-state index in [1.165, 1.54) is 19.3 Å². The molecule has 1 saturated carbocycles. The number of likely N-dealkylation sites (N-methyl/N-ethyl adjacent to an activating group) is 1. The molecule has 0 saturated heterocycles. The highest BCUT2D eigenvalue weighted by Gasteiger charge is 2.26. The van der Waals surface area contributed by atoms with Crippen LogP contribution in [0.2, 0.25) is 0 Å². The Labute approximate surface area is 110 Å². The largest absolute Gasteiger partial charge is 0.390 e. The first-order valence-electron chi connectivity index (χ1n) is 6.87. The van der Waals surface area contributed by atoms with E-state index in [1.54, 1.807) is 0 Å². The van der Waals surface area contributed by atoms with Gasteiger partial charge in [-0.15, -0.1) is 0 Å². The third-order valence-corrected chi connectivity index (χ3v) is 4.90. The van der Waals surface area contributed by atoms with Crippen LogP contribution in [0.4, 0.5) is 0 Å². The van der Waals surface area contributed by atoms with Crippen molar-refractivity contribution < 1.29 is 5.11 Å². The molecule has 2 N–H and O–H groups in total. The molecule has 1 rings (SSSR count). The molecule has 1 aliphatic rings. The average molecular weight is 260 g/mol. The summed E-state index contributed by atoms with van der Waals surface area (Å²) in [6, 6.07) is 0.608. The monoisotopic (exact) mass is 260 g/mol. The van der Waals surface area contributed by atoms with E-state index in [-0.39, 0.29) is 6.10 Å². The molecule has 0 heterocycles. The van der Waals surface area contributed by atoms with Crippen LogP contribution in [0.25, 0.3) is 0 Å². The molecule has 17 heavy (non-hydrogen) atoms. The SMILES string of the molecule is CCN(CC)CC(O)CNC1CCCC1SC. The van der Waals surface area contributed by atoms with Crippen LogP contribution in [0.1, 0.15) is 33.1 Å². The minimum atomic E-state index is -0.238. The highest BCUT2D eigenvalue weighted by molar-refractivity contribution is 7.99. The molecule has 0 spiro atoms. The van der Waals surface area contributed by atoms with Gasteiger partial charge in [0.2, 0.25) is 0 Å². The van der Waals surface area contributed by atoms with E-state index < -0.39 is 0 Å². The molecule has 0 bridgehead atoms. The highest BCUT2D eigenvalue weighted by atomic mass is 32.2. The second-order valence-corrected chi connectivity index (χ2v) is 5.94. The number of nitrogens with one attached hydrogen (secondary N) is 1. The Morgan fingerprint density at radius 3 is 2.65 bits per heavy atom. The van der Waals surface area contributed by atoms with E-state index in [1.807, 2.05) is 11.8 Å². The Bertz CT molecular complexity index is 200. The molecular formula is C13H28N2OS. The Kier molecular flexibility index (Phi) is 7.51. The molecule has 1 fully saturated rings. The van der Waals surface area contributed by atoms with E-state index in [9.17, 15) is 5.11 Å². The second kappa shape index (κ2) is 8.35. The molecular weight excluding hydrogens is 232 g/mol. The summed E-state index contributed by atoms with van der Waals surface area (Å²) < 4.78 is 0. The minimum absolute atomic E-state index is 0.238. The molecule has 1 aliphatic carbocycles. The third-order valence-electron chi connectivity index (χ3n) is 3.73. The summed E-state index contributed by atoms with van der Waals surface area (Å²) in [6.07, 6.45) is 5.87.